The summed E-state index contributed by atoms with van der Waals surface area (Å²) in [4.78, 5) is 11.8. The third-order valence-electron chi connectivity index (χ3n) is 4.23. The number of halogens is 2. The van der Waals surface area contributed by atoms with Gasteiger partial charge in [0.15, 0.2) is 0 Å². The fraction of sp³-hybridized carbons (Fsp3) is 0.389. The Kier molecular flexibility index (Phi) is 4.89. The van der Waals surface area contributed by atoms with Crippen molar-refractivity contribution >= 4 is 24.8 Å². The first-order valence-corrected chi connectivity index (χ1v) is 11.1. The second kappa shape index (κ2) is 6.39. The molecule has 0 aromatic heterocycles. The van der Waals surface area contributed by atoms with E-state index >= 15 is 8.78 Å². The predicted octanol–water partition coefficient (Wildman–Crippen LogP) is 5.00. The molecule has 0 aliphatic carbocycles. The van der Waals surface area contributed by atoms with E-state index in [0.717, 1.165) is 10.8 Å². The first-order chi connectivity index (χ1) is 10.7. The zero-order valence-electron chi connectivity index (χ0n) is 13.9. The van der Waals surface area contributed by atoms with Gasteiger partial charge in [0.25, 0.3) is 0 Å². The molecule has 124 valence electrons. The summed E-state index contributed by atoms with van der Waals surface area (Å²) >= 11 is 0. The van der Waals surface area contributed by atoms with E-state index < -0.39 is 25.5 Å². The monoisotopic (exact) mass is 336 g/mol. The number of alkyl halides is 2. The average molecular weight is 336 g/mol. The highest BCUT2D eigenvalue weighted by molar-refractivity contribution is 6.78. The summed E-state index contributed by atoms with van der Waals surface area (Å²) in [5, 5.41) is 1.66. The van der Waals surface area contributed by atoms with Crippen LogP contribution in [0.4, 0.5) is 8.78 Å². The van der Waals surface area contributed by atoms with Crippen LogP contribution in [0.25, 0.3) is 10.8 Å². The molecule has 0 saturated carbocycles. The van der Waals surface area contributed by atoms with Crippen LogP contribution in [0.2, 0.25) is 19.6 Å². The van der Waals surface area contributed by atoms with Crippen molar-refractivity contribution in [1.29, 1.82) is 0 Å². The molecule has 0 amide bonds. The summed E-state index contributed by atoms with van der Waals surface area (Å²) in [7, 11) is -1.61. The van der Waals surface area contributed by atoms with Gasteiger partial charge in [-0.25, -0.2) is 8.78 Å². The molecule has 1 atom stereocenters. The maximum absolute atomic E-state index is 15.2. The Bertz CT molecular complexity index is 702. The van der Waals surface area contributed by atoms with E-state index in [4.69, 9.17) is 0 Å². The lowest BCUT2D eigenvalue weighted by Crippen LogP contribution is -2.50. The quantitative estimate of drug-likeness (QED) is 0.567. The van der Waals surface area contributed by atoms with E-state index in [1.165, 1.54) is 7.11 Å². The molecule has 5 heteroatoms. The molecule has 0 N–H and O–H groups in total. The lowest BCUT2D eigenvalue weighted by atomic mass is 9.91. The number of carbonyl (C=O) groups is 1. The molecule has 2 aromatic rings. The fourth-order valence-corrected chi connectivity index (χ4v) is 4.06. The van der Waals surface area contributed by atoms with Gasteiger partial charge in [0.05, 0.1) is 19.4 Å². The summed E-state index contributed by atoms with van der Waals surface area (Å²) in [6.45, 7) is 4.88. The average Bonchev–Trinajstić information content (AvgIpc) is 2.50. The minimum absolute atomic E-state index is 0.318. The van der Waals surface area contributed by atoms with Gasteiger partial charge in [-0.3, -0.25) is 4.79 Å². The smallest absolute Gasteiger partial charge is 0.306 e. The fourth-order valence-electron chi connectivity index (χ4n) is 2.76. The van der Waals surface area contributed by atoms with Crippen molar-refractivity contribution in [2.75, 3.05) is 7.11 Å². The number of rotatable bonds is 5. The van der Waals surface area contributed by atoms with Crippen LogP contribution in [0.1, 0.15) is 17.9 Å². The first-order valence-electron chi connectivity index (χ1n) is 7.60. The number of benzene rings is 2. The van der Waals surface area contributed by atoms with Gasteiger partial charge in [0.1, 0.15) is 8.07 Å². The molecule has 0 radical (unpaired) electrons. The van der Waals surface area contributed by atoms with Crippen molar-refractivity contribution in [1.82, 2.24) is 0 Å². The maximum atomic E-state index is 15.2. The first kappa shape index (κ1) is 17.6. The maximum Gasteiger partial charge on any atom is 0.306 e. The molecular formula is C18H22F2O2Si. The number of methoxy groups -OCH3 is 1. The van der Waals surface area contributed by atoms with Crippen LogP contribution in [0.5, 0.6) is 0 Å². The zero-order valence-corrected chi connectivity index (χ0v) is 14.9. The third-order valence-corrected chi connectivity index (χ3v) is 6.58. The Morgan fingerprint density at radius 1 is 1.13 bits per heavy atom. The van der Waals surface area contributed by atoms with Crippen LogP contribution >= 0.6 is 0 Å². The van der Waals surface area contributed by atoms with Gasteiger partial charge < -0.3 is 4.74 Å². The lowest BCUT2D eigenvalue weighted by Gasteiger charge is -2.36. The summed E-state index contributed by atoms with van der Waals surface area (Å²) in [5.41, 5.74) is -2.41. The predicted molar refractivity (Wildman–Crippen MR) is 91.6 cm³/mol. The van der Waals surface area contributed by atoms with E-state index in [2.05, 4.69) is 4.74 Å². The van der Waals surface area contributed by atoms with E-state index in [-0.39, 0.29) is 6.42 Å². The second-order valence-electron chi connectivity index (χ2n) is 6.77. The number of fused-ring (bicyclic) bond motifs is 1. The normalized spacial score (nSPS) is 13.8. The SMILES string of the molecule is COC(=O)CC(c1cccc2ccccc12)C(F)(F)[Si](C)(C)C. The van der Waals surface area contributed by atoms with Crippen LogP contribution in [-0.2, 0) is 9.53 Å². The van der Waals surface area contributed by atoms with Gasteiger partial charge in [-0.1, -0.05) is 62.1 Å². The molecule has 2 rings (SSSR count). The standard InChI is InChI=1S/C18H22F2O2Si/c1-22-17(21)12-16(18(19,20)23(2,3)4)15-11-7-9-13-8-5-6-10-14(13)15/h5-11,16H,12H2,1-4H3. The molecule has 0 spiro atoms. The van der Waals surface area contributed by atoms with Gasteiger partial charge in [-0.05, 0) is 16.3 Å². The third kappa shape index (κ3) is 3.44. The number of hydrogen-bond acceptors (Lipinski definition) is 2. The van der Waals surface area contributed by atoms with E-state index in [9.17, 15) is 4.79 Å². The molecule has 0 heterocycles. The van der Waals surface area contributed by atoms with Crippen molar-refractivity contribution in [3.63, 3.8) is 0 Å². The molecule has 2 aromatic carbocycles. The minimum atomic E-state index is -2.93. The van der Waals surface area contributed by atoms with Crippen molar-refractivity contribution < 1.29 is 18.3 Å². The van der Waals surface area contributed by atoms with E-state index in [0.29, 0.717) is 5.56 Å². The van der Waals surface area contributed by atoms with Crippen LogP contribution in [0.15, 0.2) is 42.5 Å². The zero-order chi connectivity index (χ0) is 17.3. The largest absolute Gasteiger partial charge is 0.469 e. The summed E-state index contributed by atoms with van der Waals surface area (Å²) < 4.78 is 35.0. The summed E-state index contributed by atoms with van der Waals surface area (Å²) in [6, 6.07) is 12.8. The van der Waals surface area contributed by atoms with Crippen molar-refractivity contribution in [3.8, 4) is 0 Å². The van der Waals surface area contributed by atoms with Crippen molar-refractivity contribution in [2.24, 2.45) is 0 Å². The van der Waals surface area contributed by atoms with Crippen molar-refractivity contribution in [3.05, 3.63) is 48.0 Å². The molecule has 0 saturated heterocycles. The molecule has 0 bridgehead atoms. The van der Waals surface area contributed by atoms with Gasteiger partial charge in [0.2, 0.25) is 5.55 Å². The van der Waals surface area contributed by atoms with Gasteiger partial charge in [-0.15, -0.1) is 0 Å². The molecule has 1 unspecified atom stereocenters. The van der Waals surface area contributed by atoms with Gasteiger partial charge in [-0.2, -0.15) is 0 Å². The number of ether oxygens (including phenoxy) is 1. The van der Waals surface area contributed by atoms with Crippen molar-refractivity contribution in [2.45, 2.75) is 37.5 Å². The molecule has 23 heavy (non-hydrogen) atoms. The van der Waals surface area contributed by atoms with E-state index in [1.807, 2.05) is 30.3 Å². The van der Waals surface area contributed by atoms with Gasteiger partial charge in [0, 0.05) is 0 Å². The number of hydrogen-bond donors (Lipinski definition) is 0. The van der Waals surface area contributed by atoms with Crippen LogP contribution in [-0.4, -0.2) is 26.7 Å². The Balaban J connectivity index is 2.63. The molecular weight excluding hydrogens is 314 g/mol. The minimum Gasteiger partial charge on any atom is -0.469 e. The van der Waals surface area contributed by atoms with Crippen LogP contribution in [0, 0.1) is 0 Å². The number of esters is 1. The summed E-state index contributed by atoms with van der Waals surface area (Å²) in [6.07, 6.45) is -0.318. The highest BCUT2D eigenvalue weighted by Gasteiger charge is 2.52. The molecule has 0 aliphatic heterocycles. The number of carbonyl (C=O) groups excluding carboxylic acids is 1. The molecule has 2 nitrogen and oxygen atoms in total. The molecule has 0 aliphatic rings. The summed E-state index contributed by atoms with van der Waals surface area (Å²) in [5.74, 6) is -1.78. The Morgan fingerprint density at radius 3 is 2.35 bits per heavy atom. The molecule has 0 fully saturated rings. The van der Waals surface area contributed by atoms with Crippen LogP contribution < -0.4 is 0 Å². The van der Waals surface area contributed by atoms with Gasteiger partial charge >= 0.3 is 5.97 Å². The Labute approximate surface area is 136 Å². The van der Waals surface area contributed by atoms with E-state index in [1.54, 1.807) is 31.8 Å². The topological polar surface area (TPSA) is 26.3 Å². The highest BCUT2D eigenvalue weighted by Crippen LogP contribution is 2.44. The highest BCUT2D eigenvalue weighted by atomic mass is 28.3. The second-order valence-corrected chi connectivity index (χ2v) is 11.9. The Hall–Kier alpha value is -1.75. The Morgan fingerprint density at radius 2 is 1.74 bits per heavy atom. The van der Waals surface area contributed by atoms with Crippen LogP contribution in [0.3, 0.4) is 0 Å². The lowest BCUT2D eigenvalue weighted by molar-refractivity contribution is -0.142.